The van der Waals surface area contributed by atoms with E-state index >= 15 is 0 Å². The summed E-state index contributed by atoms with van der Waals surface area (Å²) < 4.78 is 35.3. The molecule has 128 valence electrons. The van der Waals surface area contributed by atoms with Crippen molar-refractivity contribution in [2.24, 2.45) is 0 Å². The predicted octanol–water partition coefficient (Wildman–Crippen LogP) is 4.85. The molecule has 3 nitrogen and oxygen atoms in total. The topological polar surface area (TPSA) is 25.4 Å². The van der Waals surface area contributed by atoms with Crippen molar-refractivity contribution in [3.05, 3.63) is 70.3 Å². The Morgan fingerprint density at radius 1 is 1.04 bits per heavy atom. The van der Waals surface area contributed by atoms with Crippen molar-refractivity contribution in [3.63, 3.8) is 0 Å². The van der Waals surface area contributed by atoms with Crippen LogP contribution in [0.15, 0.2) is 53.1 Å². The quantitative estimate of drug-likeness (QED) is 0.610. The number of morpholine rings is 1. The Balaban J connectivity index is 1.71. The highest BCUT2D eigenvalue weighted by atomic mass is 79.9. The van der Waals surface area contributed by atoms with E-state index in [0.29, 0.717) is 25.4 Å². The van der Waals surface area contributed by atoms with E-state index in [9.17, 15) is 8.78 Å². The monoisotopic (exact) mass is 404 g/mol. The van der Waals surface area contributed by atoms with Gasteiger partial charge in [0, 0.05) is 23.8 Å². The molecule has 0 radical (unpaired) electrons. The second-order valence-corrected chi connectivity index (χ2v) is 6.86. The Hall–Kier alpha value is -2.05. The van der Waals surface area contributed by atoms with Crippen LogP contribution in [0, 0.1) is 11.6 Å². The van der Waals surface area contributed by atoms with Crippen LogP contribution in [0.2, 0.25) is 0 Å². The Bertz CT molecular complexity index is 917. The van der Waals surface area contributed by atoms with E-state index < -0.39 is 11.6 Å². The number of pyridine rings is 1. The smallest absolute Gasteiger partial charge is 0.149 e. The number of fused-ring (bicyclic) bond motifs is 1. The number of anilines is 1. The van der Waals surface area contributed by atoms with Gasteiger partial charge in [-0.05, 0) is 35.9 Å². The predicted molar refractivity (Wildman–Crippen MR) is 96.7 cm³/mol. The number of hydrogen-bond acceptors (Lipinski definition) is 3. The molecule has 0 saturated carbocycles. The first-order chi connectivity index (χ1) is 12.1. The summed E-state index contributed by atoms with van der Waals surface area (Å²) in [5.74, 6) is -0.984. The molecule has 3 aromatic rings. The normalized spacial score (nSPS) is 17.9. The minimum absolute atomic E-state index is 0.0594. The van der Waals surface area contributed by atoms with Crippen molar-refractivity contribution in [1.29, 1.82) is 0 Å². The van der Waals surface area contributed by atoms with E-state index in [1.54, 1.807) is 6.07 Å². The lowest BCUT2D eigenvalue weighted by Gasteiger charge is -2.35. The van der Waals surface area contributed by atoms with Gasteiger partial charge in [-0.15, -0.1) is 0 Å². The van der Waals surface area contributed by atoms with Gasteiger partial charge in [0.2, 0.25) is 0 Å². The molecule has 2 aromatic carbocycles. The minimum atomic E-state index is -0.518. The summed E-state index contributed by atoms with van der Waals surface area (Å²) in [6.45, 7) is 1.69. The van der Waals surface area contributed by atoms with E-state index in [2.05, 4.69) is 20.9 Å². The largest absolute Gasteiger partial charge is 0.370 e. The van der Waals surface area contributed by atoms with Crippen molar-refractivity contribution >= 4 is 32.5 Å². The minimum Gasteiger partial charge on any atom is -0.370 e. The molecule has 25 heavy (non-hydrogen) atoms. The van der Waals surface area contributed by atoms with E-state index in [-0.39, 0.29) is 17.0 Å². The third-order valence-electron chi connectivity index (χ3n) is 4.42. The third-order valence-corrected chi connectivity index (χ3v) is 4.95. The summed E-state index contributed by atoms with van der Waals surface area (Å²) in [5.41, 5.74) is 1.76. The van der Waals surface area contributed by atoms with Crippen molar-refractivity contribution in [1.82, 2.24) is 4.98 Å². The maximum absolute atomic E-state index is 14.4. The van der Waals surface area contributed by atoms with Gasteiger partial charge in [-0.2, -0.15) is 0 Å². The van der Waals surface area contributed by atoms with Gasteiger partial charge in [-0.3, -0.25) is 4.98 Å². The van der Waals surface area contributed by atoms with Crippen LogP contribution in [-0.2, 0) is 4.74 Å². The van der Waals surface area contributed by atoms with Crippen LogP contribution in [0.5, 0.6) is 0 Å². The summed E-state index contributed by atoms with van der Waals surface area (Å²) >= 11 is 3.42. The van der Waals surface area contributed by atoms with Crippen molar-refractivity contribution in [2.45, 2.75) is 6.10 Å². The Labute approximate surface area is 152 Å². The maximum atomic E-state index is 14.4. The molecule has 0 aliphatic carbocycles. The molecule has 0 N–H and O–H groups in total. The molecule has 1 aliphatic heterocycles. The molecule has 1 saturated heterocycles. The lowest BCUT2D eigenvalue weighted by atomic mass is 10.1. The van der Waals surface area contributed by atoms with Gasteiger partial charge in [0.15, 0.2) is 0 Å². The number of rotatable bonds is 2. The van der Waals surface area contributed by atoms with E-state index in [0.717, 1.165) is 22.2 Å². The van der Waals surface area contributed by atoms with Crippen LogP contribution in [0.25, 0.3) is 10.9 Å². The van der Waals surface area contributed by atoms with E-state index in [4.69, 9.17) is 4.74 Å². The highest BCUT2D eigenvalue weighted by Crippen LogP contribution is 2.33. The van der Waals surface area contributed by atoms with Crippen molar-refractivity contribution < 1.29 is 13.5 Å². The molecule has 1 aromatic heterocycles. The molecule has 1 aliphatic rings. The molecule has 4 rings (SSSR count). The van der Waals surface area contributed by atoms with Gasteiger partial charge in [-0.1, -0.05) is 28.1 Å². The molecular formula is C19H15BrF2N2O. The summed E-state index contributed by atoms with van der Waals surface area (Å²) in [6.07, 6.45) is 1.39. The highest BCUT2D eigenvalue weighted by molar-refractivity contribution is 9.10. The molecule has 2 heterocycles. The van der Waals surface area contributed by atoms with Crippen molar-refractivity contribution in [3.8, 4) is 0 Å². The molecular weight excluding hydrogens is 390 g/mol. The van der Waals surface area contributed by atoms with Crippen molar-refractivity contribution in [2.75, 3.05) is 24.6 Å². The number of halogens is 3. The fourth-order valence-electron chi connectivity index (χ4n) is 3.19. The molecule has 0 spiro atoms. The standard InChI is InChI=1S/C19H15BrF2N2O/c20-13-3-1-12(2-4-13)17-11-24(9-10-25-17)16-7-8-23-19-15(22)6-5-14(21)18(16)19/h1-8,17H,9-11H2. The maximum Gasteiger partial charge on any atom is 0.149 e. The first-order valence-electron chi connectivity index (χ1n) is 7.98. The Kier molecular flexibility index (Phi) is 4.39. The Morgan fingerprint density at radius 2 is 1.80 bits per heavy atom. The molecule has 1 fully saturated rings. The third kappa shape index (κ3) is 3.12. The van der Waals surface area contributed by atoms with Gasteiger partial charge in [0.25, 0.3) is 0 Å². The van der Waals surface area contributed by atoms with Gasteiger partial charge < -0.3 is 9.64 Å². The summed E-state index contributed by atoms with van der Waals surface area (Å²) in [5, 5.41) is 0.221. The van der Waals surface area contributed by atoms with Gasteiger partial charge in [0.05, 0.1) is 17.7 Å². The van der Waals surface area contributed by atoms with Gasteiger partial charge >= 0.3 is 0 Å². The zero-order valence-electron chi connectivity index (χ0n) is 13.3. The van der Waals surface area contributed by atoms with Crippen LogP contribution in [0.4, 0.5) is 14.5 Å². The summed E-state index contributed by atoms with van der Waals surface area (Å²) in [7, 11) is 0. The van der Waals surface area contributed by atoms with Gasteiger partial charge in [0.1, 0.15) is 23.3 Å². The second-order valence-electron chi connectivity index (χ2n) is 5.94. The SMILES string of the molecule is Fc1ccc(F)c2c(N3CCOC(c4ccc(Br)cc4)C3)ccnc12. The van der Waals surface area contributed by atoms with E-state index in [1.165, 1.54) is 6.20 Å². The number of nitrogens with zero attached hydrogens (tertiary/aromatic N) is 2. The fourth-order valence-corrected chi connectivity index (χ4v) is 3.45. The molecule has 6 heteroatoms. The number of benzene rings is 2. The van der Waals surface area contributed by atoms with Crippen LogP contribution < -0.4 is 4.90 Å². The number of aromatic nitrogens is 1. The summed E-state index contributed by atoms with van der Waals surface area (Å²) in [4.78, 5) is 6.04. The van der Waals surface area contributed by atoms with Crippen LogP contribution >= 0.6 is 15.9 Å². The lowest BCUT2D eigenvalue weighted by molar-refractivity contribution is 0.0399. The second kappa shape index (κ2) is 6.69. The zero-order valence-corrected chi connectivity index (χ0v) is 14.8. The zero-order chi connectivity index (χ0) is 17.4. The highest BCUT2D eigenvalue weighted by Gasteiger charge is 2.24. The van der Waals surface area contributed by atoms with Crippen LogP contribution in [0.3, 0.4) is 0 Å². The van der Waals surface area contributed by atoms with Gasteiger partial charge in [-0.25, -0.2) is 8.78 Å². The lowest BCUT2D eigenvalue weighted by Crippen LogP contribution is -2.38. The molecule has 1 atom stereocenters. The fraction of sp³-hybridized carbons (Fsp3) is 0.211. The first-order valence-corrected chi connectivity index (χ1v) is 8.77. The average molecular weight is 405 g/mol. The Morgan fingerprint density at radius 3 is 2.60 bits per heavy atom. The number of hydrogen-bond donors (Lipinski definition) is 0. The average Bonchev–Trinajstić information content (AvgIpc) is 2.65. The number of ether oxygens (including phenoxy) is 1. The molecule has 1 unspecified atom stereocenters. The molecule has 0 bridgehead atoms. The first kappa shape index (κ1) is 16.4. The summed E-state index contributed by atoms with van der Waals surface area (Å²) in [6, 6.07) is 11.9. The van der Waals surface area contributed by atoms with E-state index in [1.807, 2.05) is 29.2 Å². The van der Waals surface area contributed by atoms with Crippen LogP contribution in [0.1, 0.15) is 11.7 Å². The molecule has 0 amide bonds. The van der Waals surface area contributed by atoms with Crippen LogP contribution in [-0.4, -0.2) is 24.7 Å².